The van der Waals surface area contributed by atoms with E-state index in [4.69, 9.17) is 4.74 Å². The predicted molar refractivity (Wildman–Crippen MR) is 138 cm³/mol. The maximum atomic E-state index is 13.8. The van der Waals surface area contributed by atoms with Crippen LogP contribution in [0.4, 0.5) is 11.4 Å². The molecule has 2 atom stereocenters. The molecule has 0 radical (unpaired) electrons. The fourth-order valence-electron chi connectivity index (χ4n) is 5.03. The van der Waals surface area contributed by atoms with Crippen molar-refractivity contribution in [1.29, 1.82) is 0 Å². The van der Waals surface area contributed by atoms with Crippen LogP contribution < -0.4 is 15.0 Å². The number of fused-ring (bicyclic) bond motifs is 1. The van der Waals surface area contributed by atoms with Gasteiger partial charge in [0.2, 0.25) is 5.91 Å². The maximum Gasteiger partial charge on any atom is 0.303 e. The number of para-hydroxylation sites is 2. The number of hydrogen-bond donors (Lipinski definition) is 2. The van der Waals surface area contributed by atoms with Crippen LogP contribution in [0.5, 0.6) is 5.75 Å². The van der Waals surface area contributed by atoms with Crippen LogP contribution in [0.15, 0.2) is 77.3 Å². The van der Waals surface area contributed by atoms with Crippen molar-refractivity contribution in [2.24, 2.45) is 0 Å². The van der Waals surface area contributed by atoms with Crippen molar-refractivity contribution in [2.45, 2.75) is 37.6 Å². The number of aliphatic carboxylic acids is 1. The topological polar surface area (TPSA) is 95.9 Å². The summed E-state index contributed by atoms with van der Waals surface area (Å²) in [4.78, 5) is 41.1. The molecule has 184 valence electrons. The van der Waals surface area contributed by atoms with E-state index >= 15 is 0 Å². The quantitative estimate of drug-likeness (QED) is 0.461. The summed E-state index contributed by atoms with van der Waals surface area (Å²) in [5, 5.41) is 14.6. The zero-order chi connectivity index (χ0) is 25.2. The first-order chi connectivity index (χ1) is 17.5. The van der Waals surface area contributed by atoms with Gasteiger partial charge in [-0.2, -0.15) is 0 Å². The Morgan fingerprint density at radius 2 is 1.83 bits per heavy atom. The summed E-state index contributed by atoms with van der Waals surface area (Å²) in [5.41, 5.74) is 3.77. The van der Waals surface area contributed by atoms with E-state index in [0.717, 1.165) is 27.6 Å². The average Bonchev–Trinajstić information content (AvgIpc) is 3.36. The van der Waals surface area contributed by atoms with Crippen molar-refractivity contribution in [1.82, 2.24) is 0 Å². The molecule has 2 aliphatic rings. The number of carboxylic acids is 1. The minimum absolute atomic E-state index is 0.0138. The van der Waals surface area contributed by atoms with Crippen LogP contribution in [-0.4, -0.2) is 29.9 Å². The molecule has 1 aromatic heterocycles. The third kappa shape index (κ3) is 4.52. The van der Waals surface area contributed by atoms with E-state index in [-0.39, 0.29) is 30.4 Å². The number of anilines is 2. The molecular weight excluding hydrogens is 476 g/mol. The van der Waals surface area contributed by atoms with E-state index < -0.39 is 12.0 Å². The first kappa shape index (κ1) is 23.8. The van der Waals surface area contributed by atoms with Crippen molar-refractivity contribution < 1.29 is 24.2 Å². The van der Waals surface area contributed by atoms with E-state index in [1.807, 2.05) is 66.0 Å². The van der Waals surface area contributed by atoms with Crippen LogP contribution in [0, 0.1) is 0 Å². The van der Waals surface area contributed by atoms with Crippen molar-refractivity contribution in [2.75, 3.05) is 17.3 Å². The summed E-state index contributed by atoms with van der Waals surface area (Å²) in [5.74, 6) is -0.639. The third-order valence-corrected chi connectivity index (χ3v) is 7.63. The highest BCUT2D eigenvalue weighted by Gasteiger charge is 2.41. The second kappa shape index (κ2) is 9.99. The molecule has 1 aliphatic heterocycles. The number of carboxylic acid groups (broad SMARTS) is 1. The average molecular weight is 503 g/mol. The van der Waals surface area contributed by atoms with Crippen molar-refractivity contribution in [3.63, 3.8) is 0 Å². The first-order valence-electron chi connectivity index (χ1n) is 11.8. The number of ketones is 1. The van der Waals surface area contributed by atoms with Gasteiger partial charge in [-0.25, -0.2) is 0 Å². The number of nitrogens with one attached hydrogen (secondary N) is 1. The Bertz CT molecular complexity index is 1330. The van der Waals surface area contributed by atoms with Gasteiger partial charge in [-0.3, -0.25) is 19.3 Å². The van der Waals surface area contributed by atoms with Gasteiger partial charge in [0.05, 0.1) is 24.9 Å². The number of allylic oxidation sites excluding steroid dienone is 1. The molecule has 5 rings (SSSR count). The fourth-order valence-corrected chi connectivity index (χ4v) is 5.85. The molecule has 2 N–H and O–H groups in total. The number of carbonyl (C=O) groups excluding carboxylic acids is 2. The Morgan fingerprint density at radius 1 is 1.06 bits per heavy atom. The highest BCUT2D eigenvalue weighted by Crippen LogP contribution is 2.48. The van der Waals surface area contributed by atoms with E-state index in [1.165, 1.54) is 11.3 Å². The number of Topliss-reactive ketones (excluding diaryl/α,β-unsaturated/α-hetero) is 1. The Kier molecular flexibility index (Phi) is 6.61. The molecule has 0 unspecified atom stereocenters. The van der Waals surface area contributed by atoms with Crippen molar-refractivity contribution in [3.8, 4) is 5.75 Å². The molecule has 0 bridgehead atoms. The van der Waals surface area contributed by atoms with E-state index in [9.17, 15) is 19.5 Å². The minimum Gasteiger partial charge on any atom is -0.497 e. The SMILES string of the molecule is COc1ccc([C@H]2CC(=O)C3=C(C2)Nc2ccccc2N(C(=O)CCC(=O)O)[C@H]3c2cccs2)cc1. The molecule has 3 aromatic rings. The van der Waals surface area contributed by atoms with Gasteiger partial charge in [0, 0.05) is 29.0 Å². The molecule has 0 spiro atoms. The number of hydrogen-bond acceptors (Lipinski definition) is 6. The van der Waals surface area contributed by atoms with Gasteiger partial charge < -0.3 is 15.2 Å². The lowest BCUT2D eigenvalue weighted by Crippen LogP contribution is -2.38. The number of nitrogens with zero attached hydrogens (tertiary/aromatic N) is 1. The third-order valence-electron chi connectivity index (χ3n) is 6.71. The molecule has 1 amide bonds. The lowest BCUT2D eigenvalue weighted by atomic mass is 9.79. The lowest BCUT2D eigenvalue weighted by molar-refractivity contribution is -0.138. The van der Waals surface area contributed by atoms with Gasteiger partial charge >= 0.3 is 5.97 Å². The first-order valence-corrected chi connectivity index (χ1v) is 12.7. The highest BCUT2D eigenvalue weighted by atomic mass is 32.1. The van der Waals surface area contributed by atoms with Gasteiger partial charge in [-0.1, -0.05) is 30.3 Å². The Hall–Kier alpha value is -3.91. The number of amides is 1. The van der Waals surface area contributed by atoms with Crippen LogP contribution >= 0.6 is 11.3 Å². The van der Waals surface area contributed by atoms with Crippen LogP contribution in [0.25, 0.3) is 0 Å². The maximum absolute atomic E-state index is 13.8. The number of carbonyl (C=O) groups is 3. The van der Waals surface area contributed by atoms with Crippen molar-refractivity contribution in [3.05, 3.63) is 87.8 Å². The van der Waals surface area contributed by atoms with Crippen LogP contribution in [0.1, 0.15) is 48.1 Å². The largest absolute Gasteiger partial charge is 0.497 e. The predicted octanol–water partition coefficient (Wildman–Crippen LogP) is 5.52. The van der Waals surface area contributed by atoms with Gasteiger partial charge in [0.15, 0.2) is 5.78 Å². The second-order valence-electron chi connectivity index (χ2n) is 8.91. The molecular formula is C28H26N2O5S. The molecule has 2 aromatic carbocycles. The highest BCUT2D eigenvalue weighted by molar-refractivity contribution is 7.10. The molecule has 1 aliphatic carbocycles. The smallest absolute Gasteiger partial charge is 0.303 e. The summed E-state index contributed by atoms with van der Waals surface area (Å²) in [6, 6.07) is 18.4. The number of ether oxygens (including phenoxy) is 1. The summed E-state index contributed by atoms with van der Waals surface area (Å²) in [7, 11) is 1.62. The van der Waals surface area contributed by atoms with Crippen LogP contribution in [-0.2, 0) is 14.4 Å². The fraction of sp³-hybridized carbons (Fsp3) is 0.250. The van der Waals surface area contributed by atoms with Gasteiger partial charge in [0.1, 0.15) is 11.8 Å². The monoisotopic (exact) mass is 502 g/mol. The van der Waals surface area contributed by atoms with E-state index in [2.05, 4.69) is 5.32 Å². The molecule has 0 fully saturated rings. The number of thiophene rings is 1. The Morgan fingerprint density at radius 3 is 2.53 bits per heavy atom. The Balaban J connectivity index is 1.62. The summed E-state index contributed by atoms with van der Waals surface area (Å²) in [6.07, 6.45) is 0.501. The Labute approximate surface area is 213 Å². The zero-order valence-electron chi connectivity index (χ0n) is 19.8. The number of benzene rings is 2. The van der Waals surface area contributed by atoms with E-state index in [0.29, 0.717) is 24.1 Å². The summed E-state index contributed by atoms with van der Waals surface area (Å²) < 4.78 is 5.28. The lowest BCUT2D eigenvalue weighted by Gasteiger charge is -2.34. The zero-order valence-corrected chi connectivity index (χ0v) is 20.6. The van der Waals surface area contributed by atoms with Gasteiger partial charge in [0.25, 0.3) is 0 Å². The van der Waals surface area contributed by atoms with E-state index in [1.54, 1.807) is 12.0 Å². The standard InChI is InChI=1S/C28H26N2O5S/c1-35-19-10-8-17(9-11-19)18-15-21-27(23(31)16-18)28(24-7-4-14-36-24)30(25(32)12-13-26(33)34)22-6-3-2-5-20(22)29-21/h2-11,14,18,28-29H,12-13,15-16H2,1H3,(H,33,34)/t18-,28+/m1/s1. The molecule has 0 saturated carbocycles. The summed E-state index contributed by atoms with van der Waals surface area (Å²) >= 11 is 1.48. The molecule has 0 saturated heterocycles. The summed E-state index contributed by atoms with van der Waals surface area (Å²) in [6.45, 7) is 0. The molecule has 36 heavy (non-hydrogen) atoms. The molecule has 7 nitrogen and oxygen atoms in total. The number of rotatable bonds is 6. The molecule has 8 heteroatoms. The number of methoxy groups -OCH3 is 1. The van der Waals surface area contributed by atoms with Crippen LogP contribution in [0.2, 0.25) is 0 Å². The molecule has 2 heterocycles. The van der Waals surface area contributed by atoms with Gasteiger partial charge in [-0.05, 0) is 53.6 Å². The normalized spacial score (nSPS) is 19.1. The van der Waals surface area contributed by atoms with Gasteiger partial charge in [-0.15, -0.1) is 11.3 Å². The van der Waals surface area contributed by atoms with Crippen LogP contribution in [0.3, 0.4) is 0 Å². The second-order valence-corrected chi connectivity index (χ2v) is 9.89. The van der Waals surface area contributed by atoms with Crippen molar-refractivity contribution >= 4 is 40.4 Å². The minimum atomic E-state index is -1.03.